The van der Waals surface area contributed by atoms with E-state index in [-0.39, 0.29) is 29.8 Å². The second kappa shape index (κ2) is 6.84. The van der Waals surface area contributed by atoms with E-state index in [1.54, 1.807) is 38.1 Å². The van der Waals surface area contributed by atoms with E-state index in [1.807, 2.05) is 0 Å². The number of H-pyrrole nitrogens is 1. The maximum Gasteiger partial charge on any atom is 0.287 e. The number of para-hydroxylation sites is 1. The summed E-state index contributed by atoms with van der Waals surface area (Å²) in [6.45, 7) is 4.16. The van der Waals surface area contributed by atoms with Gasteiger partial charge in [0, 0.05) is 19.0 Å². The summed E-state index contributed by atoms with van der Waals surface area (Å²) in [5.41, 5.74) is 0.105. The normalized spacial score (nSPS) is 10.7. The van der Waals surface area contributed by atoms with Crippen LogP contribution in [0.1, 0.15) is 24.5 Å². The van der Waals surface area contributed by atoms with Crippen LogP contribution in [0.2, 0.25) is 0 Å². The Bertz CT molecular complexity index is 752. The van der Waals surface area contributed by atoms with Gasteiger partial charge in [-0.15, -0.1) is 0 Å². The Morgan fingerprint density at radius 1 is 1.18 bits per heavy atom. The van der Waals surface area contributed by atoms with E-state index in [4.69, 9.17) is 0 Å². The lowest BCUT2D eigenvalue weighted by Crippen LogP contribution is -2.37. The molecule has 0 saturated carbocycles. The Labute approximate surface area is 127 Å². The molecule has 0 aliphatic carbocycles. The topological polar surface area (TPSA) is 104 Å². The van der Waals surface area contributed by atoms with Crippen molar-refractivity contribution in [1.29, 1.82) is 0 Å². The first-order chi connectivity index (χ1) is 10.5. The number of hydrogen-bond acceptors (Lipinski definition) is 4. The number of fused-ring (bicyclic) bond motifs is 1. The average Bonchev–Trinajstić information content (AvgIpc) is 2.50. The number of aromatic nitrogens is 2. The van der Waals surface area contributed by atoms with E-state index >= 15 is 0 Å². The molecule has 0 atom stereocenters. The molecule has 0 saturated heterocycles. The van der Waals surface area contributed by atoms with Gasteiger partial charge in [0.1, 0.15) is 0 Å². The lowest BCUT2D eigenvalue weighted by Gasteiger charge is -2.08. The van der Waals surface area contributed by atoms with Crippen molar-refractivity contribution in [3.05, 3.63) is 40.4 Å². The lowest BCUT2D eigenvalue weighted by atomic mass is 10.2. The predicted molar refractivity (Wildman–Crippen MR) is 82.5 cm³/mol. The molecule has 7 nitrogen and oxygen atoms in total. The van der Waals surface area contributed by atoms with Gasteiger partial charge >= 0.3 is 0 Å². The summed E-state index contributed by atoms with van der Waals surface area (Å²) in [5, 5.41) is 5.72. The summed E-state index contributed by atoms with van der Waals surface area (Å²) in [4.78, 5) is 41.8. The largest absolute Gasteiger partial charge is 0.354 e. The van der Waals surface area contributed by atoms with Crippen molar-refractivity contribution in [3.8, 4) is 0 Å². The monoisotopic (exact) mass is 302 g/mol. The quantitative estimate of drug-likeness (QED) is 0.696. The van der Waals surface area contributed by atoms with Crippen LogP contribution in [0.4, 0.5) is 0 Å². The molecular formula is C15H18N4O3. The zero-order valence-electron chi connectivity index (χ0n) is 12.5. The summed E-state index contributed by atoms with van der Waals surface area (Å²) in [6.07, 6.45) is 0. The molecule has 0 aliphatic rings. The molecule has 0 aliphatic heterocycles. The fourth-order valence-corrected chi connectivity index (χ4v) is 1.84. The van der Waals surface area contributed by atoms with Gasteiger partial charge in [-0.3, -0.25) is 14.4 Å². The van der Waals surface area contributed by atoms with Gasteiger partial charge in [0.05, 0.1) is 10.9 Å². The molecule has 0 radical (unpaired) electrons. The number of nitrogens with zero attached hydrogens (tertiary/aromatic N) is 1. The molecule has 7 heteroatoms. The second-order valence-electron chi connectivity index (χ2n) is 5.13. The van der Waals surface area contributed by atoms with Crippen LogP contribution in [0, 0.1) is 5.92 Å². The third kappa shape index (κ3) is 3.69. The van der Waals surface area contributed by atoms with Crippen LogP contribution in [0.15, 0.2) is 29.1 Å². The summed E-state index contributed by atoms with van der Waals surface area (Å²) in [6, 6.07) is 6.79. The summed E-state index contributed by atoms with van der Waals surface area (Å²) >= 11 is 0. The number of aromatic amines is 1. The van der Waals surface area contributed by atoms with Gasteiger partial charge in [0.2, 0.25) is 5.91 Å². The minimum atomic E-state index is -0.485. The molecule has 2 aromatic rings. The smallest absolute Gasteiger partial charge is 0.287 e. The number of rotatable bonds is 5. The molecule has 3 N–H and O–H groups in total. The molecule has 1 heterocycles. The van der Waals surface area contributed by atoms with Gasteiger partial charge in [-0.2, -0.15) is 0 Å². The van der Waals surface area contributed by atoms with Crippen molar-refractivity contribution in [2.75, 3.05) is 13.1 Å². The van der Waals surface area contributed by atoms with Crippen LogP contribution in [0.25, 0.3) is 10.9 Å². The Morgan fingerprint density at radius 3 is 2.59 bits per heavy atom. The van der Waals surface area contributed by atoms with E-state index in [1.165, 1.54) is 0 Å². The number of amides is 2. The third-order valence-electron chi connectivity index (χ3n) is 3.06. The number of nitrogens with one attached hydrogen (secondary N) is 3. The third-order valence-corrected chi connectivity index (χ3v) is 3.06. The molecule has 116 valence electrons. The first-order valence-electron chi connectivity index (χ1n) is 7.04. The van der Waals surface area contributed by atoms with E-state index in [0.29, 0.717) is 17.4 Å². The van der Waals surface area contributed by atoms with E-state index in [0.717, 1.165) is 0 Å². The minimum absolute atomic E-state index is 0.0427. The van der Waals surface area contributed by atoms with Gasteiger partial charge in [0.25, 0.3) is 11.5 Å². The van der Waals surface area contributed by atoms with E-state index in [9.17, 15) is 14.4 Å². The Hall–Kier alpha value is -2.70. The van der Waals surface area contributed by atoms with Gasteiger partial charge < -0.3 is 15.6 Å². The molecule has 1 aromatic carbocycles. The SMILES string of the molecule is CC(C)C(=O)NCCNC(=O)c1nc2ccccc2c(=O)[nH]1. The summed E-state index contributed by atoms with van der Waals surface area (Å²) in [7, 11) is 0. The van der Waals surface area contributed by atoms with Gasteiger partial charge in [-0.05, 0) is 12.1 Å². The second-order valence-corrected chi connectivity index (χ2v) is 5.13. The maximum atomic E-state index is 12.0. The molecule has 0 unspecified atom stereocenters. The zero-order valence-corrected chi connectivity index (χ0v) is 12.5. The fourth-order valence-electron chi connectivity index (χ4n) is 1.84. The van der Waals surface area contributed by atoms with Crippen LogP contribution in [-0.4, -0.2) is 34.9 Å². The van der Waals surface area contributed by atoms with Crippen molar-refractivity contribution >= 4 is 22.7 Å². The van der Waals surface area contributed by atoms with Crippen molar-refractivity contribution in [1.82, 2.24) is 20.6 Å². The highest BCUT2D eigenvalue weighted by Crippen LogP contribution is 2.05. The molecule has 2 amide bonds. The molecular weight excluding hydrogens is 284 g/mol. The van der Waals surface area contributed by atoms with E-state index < -0.39 is 5.91 Å². The molecule has 22 heavy (non-hydrogen) atoms. The molecule has 0 bridgehead atoms. The Balaban J connectivity index is 1.98. The number of carbonyl (C=O) groups excluding carboxylic acids is 2. The predicted octanol–water partition coefficient (Wildman–Crippen LogP) is 0.425. The highest BCUT2D eigenvalue weighted by Gasteiger charge is 2.11. The van der Waals surface area contributed by atoms with Crippen LogP contribution in [0.5, 0.6) is 0 Å². The highest BCUT2D eigenvalue weighted by molar-refractivity contribution is 5.92. The van der Waals surface area contributed by atoms with E-state index in [2.05, 4.69) is 20.6 Å². The standard InChI is InChI=1S/C15H18N4O3/c1-9(2)13(20)16-7-8-17-15(22)12-18-11-6-4-3-5-10(11)14(21)19-12/h3-6,9H,7-8H2,1-2H3,(H,16,20)(H,17,22)(H,18,19,21). The number of carbonyl (C=O) groups is 2. The Morgan fingerprint density at radius 2 is 1.86 bits per heavy atom. The average molecular weight is 302 g/mol. The minimum Gasteiger partial charge on any atom is -0.354 e. The molecule has 2 rings (SSSR count). The van der Waals surface area contributed by atoms with Crippen molar-refractivity contribution in [2.45, 2.75) is 13.8 Å². The summed E-state index contributed by atoms with van der Waals surface area (Å²) in [5.74, 6) is -0.707. The van der Waals surface area contributed by atoms with Gasteiger partial charge in [0.15, 0.2) is 5.82 Å². The molecule has 0 fully saturated rings. The van der Waals surface area contributed by atoms with Gasteiger partial charge in [-0.25, -0.2) is 4.98 Å². The highest BCUT2D eigenvalue weighted by atomic mass is 16.2. The Kier molecular flexibility index (Phi) is 4.88. The van der Waals surface area contributed by atoms with Crippen LogP contribution in [0.3, 0.4) is 0 Å². The van der Waals surface area contributed by atoms with Crippen molar-refractivity contribution < 1.29 is 9.59 Å². The first-order valence-corrected chi connectivity index (χ1v) is 7.04. The molecule has 0 spiro atoms. The van der Waals surface area contributed by atoms with Crippen molar-refractivity contribution in [2.24, 2.45) is 5.92 Å². The number of benzene rings is 1. The van der Waals surface area contributed by atoms with Gasteiger partial charge in [-0.1, -0.05) is 26.0 Å². The van der Waals surface area contributed by atoms with Crippen LogP contribution >= 0.6 is 0 Å². The lowest BCUT2D eigenvalue weighted by molar-refractivity contribution is -0.123. The maximum absolute atomic E-state index is 12.0. The summed E-state index contributed by atoms with van der Waals surface area (Å²) < 4.78 is 0. The zero-order chi connectivity index (χ0) is 16.1. The van der Waals surface area contributed by atoms with Crippen molar-refractivity contribution in [3.63, 3.8) is 0 Å². The number of hydrogen-bond donors (Lipinski definition) is 3. The molecule has 1 aromatic heterocycles. The van der Waals surface area contributed by atoms with Crippen LogP contribution < -0.4 is 16.2 Å². The van der Waals surface area contributed by atoms with Crippen LogP contribution in [-0.2, 0) is 4.79 Å². The fraction of sp³-hybridized carbons (Fsp3) is 0.333. The first kappa shape index (κ1) is 15.7.